The molecule has 7 nitrogen and oxygen atoms in total. The molecule has 1 atom stereocenters. The highest BCUT2D eigenvalue weighted by molar-refractivity contribution is 6.33. The Bertz CT molecular complexity index is 1380. The minimum Gasteiger partial charge on any atom is -0.384 e. The first-order valence-electron chi connectivity index (χ1n) is 11.8. The molecule has 0 spiro atoms. The smallest absolute Gasteiger partial charge is 0.132 e. The van der Waals surface area contributed by atoms with Gasteiger partial charge in [0.05, 0.1) is 6.04 Å². The van der Waals surface area contributed by atoms with Gasteiger partial charge in [0.25, 0.3) is 0 Å². The quantitative estimate of drug-likeness (QED) is 0.185. The van der Waals surface area contributed by atoms with Gasteiger partial charge in [-0.05, 0) is 85.9 Å². The molecular formula is C28H29Cl2N7. The van der Waals surface area contributed by atoms with Gasteiger partial charge in [0.1, 0.15) is 17.3 Å². The minimum absolute atomic E-state index is 0.0648. The number of benzene rings is 1. The summed E-state index contributed by atoms with van der Waals surface area (Å²) < 4.78 is 0. The summed E-state index contributed by atoms with van der Waals surface area (Å²) in [6.45, 7) is 11.7. The van der Waals surface area contributed by atoms with E-state index in [1.807, 2.05) is 50.1 Å². The summed E-state index contributed by atoms with van der Waals surface area (Å²) in [5.41, 5.74) is 13.4. The first-order chi connectivity index (χ1) is 17.7. The summed E-state index contributed by atoms with van der Waals surface area (Å²) in [7, 11) is 1.91. The van der Waals surface area contributed by atoms with Crippen LogP contribution >= 0.6 is 23.2 Å². The summed E-state index contributed by atoms with van der Waals surface area (Å²) in [4.78, 5) is 13.0. The van der Waals surface area contributed by atoms with Crippen molar-refractivity contribution in [3.8, 4) is 0 Å². The maximum atomic E-state index is 6.62. The Morgan fingerprint density at radius 1 is 1.24 bits per heavy atom. The summed E-state index contributed by atoms with van der Waals surface area (Å²) in [6, 6.07) is 9.47. The maximum absolute atomic E-state index is 6.62. The number of halogens is 2. The van der Waals surface area contributed by atoms with E-state index in [2.05, 4.69) is 45.5 Å². The van der Waals surface area contributed by atoms with Crippen molar-refractivity contribution in [3.05, 3.63) is 88.0 Å². The van der Waals surface area contributed by atoms with Gasteiger partial charge in [-0.25, -0.2) is 9.98 Å². The number of hydrogen-bond donors (Lipinski definition) is 1. The van der Waals surface area contributed by atoms with Crippen molar-refractivity contribution < 1.29 is 0 Å². The van der Waals surface area contributed by atoms with Crippen LogP contribution in [0.25, 0.3) is 11.1 Å². The lowest BCUT2D eigenvalue weighted by molar-refractivity contribution is 0.446. The highest BCUT2D eigenvalue weighted by Crippen LogP contribution is 2.41. The van der Waals surface area contributed by atoms with Crippen LogP contribution in [-0.4, -0.2) is 41.7 Å². The molecule has 4 rings (SSSR count). The van der Waals surface area contributed by atoms with Crippen LogP contribution in [0, 0.1) is 0 Å². The summed E-state index contributed by atoms with van der Waals surface area (Å²) >= 11 is 13.0. The van der Waals surface area contributed by atoms with E-state index in [4.69, 9.17) is 33.9 Å². The molecule has 2 aliphatic rings. The predicted octanol–water partition coefficient (Wildman–Crippen LogP) is 6.74. The van der Waals surface area contributed by atoms with Crippen LogP contribution in [-0.2, 0) is 0 Å². The average Bonchev–Trinajstić information content (AvgIpc) is 3.32. The first-order valence-corrected chi connectivity index (χ1v) is 12.5. The fourth-order valence-electron chi connectivity index (χ4n) is 4.56. The Morgan fingerprint density at radius 3 is 2.73 bits per heavy atom. The number of rotatable bonds is 7. The molecule has 0 radical (unpaired) electrons. The number of fused-ring (bicyclic) bond motifs is 1. The van der Waals surface area contributed by atoms with Gasteiger partial charge in [0.2, 0.25) is 0 Å². The molecule has 9 heteroatoms. The first kappa shape index (κ1) is 26.4. The third kappa shape index (κ3) is 5.68. The van der Waals surface area contributed by atoms with Gasteiger partial charge < -0.3 is 15.5 Å². The molecule has 0 amide bonds. The van der Waals surface area contributed by atoms with Gasteiger partial charge in [0, 0.05) is 53.3 Å². The zero-order valence-electron chi connectivity index (χ0n) is 21.1. The van der Waals surface area contributed by atoms with E-state index in [9.17, 15) is 0 Å². The highest BCUT2D eigenvalue weighted by atomic mass is 35.5. The lowest BCUT2D eigenvalue weighted by Crippen LogP contribution is -2.33. The van der Waals surface area contributed by atoms with Crippen LogP contribution in [0.5, 0.6) is 0 Å². The van der Waals surface area contributed by atoms with Crippen LogP contribution in [0.4, 0.5) is 11.5 Å². The lowest BCUT2D eigenvalue weighted by Gasteiger charge is -2.32. The topological polar surface area (TPSA) is 82.5 Å². The lowest BCUT2D eigenvalue weighted by atomic mass is 9.98. The molecule has 0 aliphatic carbocycles. The molecular weight excluding hydrogens is 505 g/mol. The van der Waals surface area contributed by atoms with Crippen LogP contribution in [0.2, 0.25) is 5.02 Å². The van der Waals surface area contributed by atoms with E-state index < -0.39 is 0 Å². The highest BCUT2D eigenvalue weighted by Gasteiger charge is 2.34. The molecule has 2 N–H and O–H groups in total. The van der Waals surface area contributed by atoms with Crippen molar-refractivity contribution >= 4 is 64.6 Å². The monoisotopic (exact) mass is 533 g/mol. The van der Waals surface area contributed by atoms with E-state index in [0.29, 0.717) is 16.0 Å². The number of nitrogen functional groups attached to an aromatic ring is 1. The number of nitrogens with zero attached hydrogens (tertiary/aromatic N) is 6. The van der Waals surface area contributed by atoms with E-state index >= 15 is 0 Å². The van der Waals surface area contributed by atoms with E-state index in [-0.39, 0.29) is 6.04 Å². The van der Waals surface area contributed by atoms with Crippen molar-refractivity contribution in [2.45, 2.75) is 32.7 Å². The van der Waals surface area contributed by atoms with Crippen molar-refractivity contribution in [2.24, 2.45) is 15.2 Å². The Hall–Kier alpha value is -3.68. The second-order valence-electron chi connectivity index (χ2n) is 8.94. The number of aliphatic imine (C=N–C) groups is 1. The van der Waals surface area contributed by atoms with Crippen molar-refractivity contribution in [2.75, 3.05) is 17.7 Å². The van der Waals surface area contributed by atoms with Crippen molar-refractivity contribution in [1.82, 2.24) is 9.88 Å². The fourth-order valence-corrected chi connectivity index (χ4v) is 4.98. The standard InChI is InChI=1S/C28H29Cl2N7/c1-17-12-21(24-14-22(29)7-9-26(24)36(5)16-34-32-4)13-23-8-10-25(37(17)23)19(3)35-28(30)18(2)20-6-11-27(31)33-15-20/h6-7,9,11-16,25H,1,4,8,10H2,2-3,5H3,(H2,31,33)/b28-18+,34-16-,35-19+. The molecule has 1 aromatic carbocycles. The molecule has 37 heavy (non-hydrogen) atoms. The van der Waals surface area contributed by atoms with Gasteiger partial charge in [0.15, 0.2) is 0 Å². The number of allylic oxidation sites excluding steroid dienone is 5. The molecule has 1 aromatic heterocycles. The van der Waals surface area contributed by atoms with Gasteiger partial charge in [-0.3, -0.25) is 0 Å². The van der Waals surface area contributed by atoms with Crippen LogP contribution in [0.15, 0.2) is 87.0 Å². The molecule has 2 aromatic rings. The third-order valence-electron chi connectivity index (χ3n) is 6.49. The second kappa shape index (κ2) is 11.2. The van der Waals surface area contributed by atoms with E-state index in [0.717, 1.165) is 52.2 Å². The Labute approximate surface area is 227 Å². The molecule has 1 fully saturated rings. The summed E-state index contributed by atoms with van der Waals surface area (Å²) in [5, 5.41) is 8.55. The maximum Gasteiger partial charge on any atom is 0.132 e. The average molecular weight is 534 g/mol. The Balaban J connectivity index is 1.62. The van der Waals surface area contributed by atoms with Crippen molar-refractivity contribution in [3.63, 3.8) is 0 Å². The third-order valence-corrected chi connectivity index (χ3v) is 7.09. The predicted molar refractivity (Wildman–Crippen MR) is 158 cm³/mol. The molecule has 190 valence electrons. The van der Waals surface area contributed by atoms with Gasteiger partial charge in [-0.1, -0.05) is 29.8 Å². The van der Waals surface area contributed by atoms with Crippen LogP contribution < -0.4 is 10.6 Å². The number of hydrogen-bond acceptors (Lipinski definition) is 6. The number of pyridine rings is 1. The Morgan fingerprint density at radius 2 is 2.03 bits per heavy atom. The molecule has 0 bridgehead atoms. The molecule has 0 saturated carbocycles. The van der Waals surface area contributed by atoms with E-state index in [1.165, 1.54) is 5.70 Å². The van der Waals surface area contributed by atoms with E-state index in [1.54, 1.807) is 18.6 Å². The molecule has 2 aliphatic heterocycles. The Kier molecular flexibility index (Phi) is 7.95. The summed E-state index contributed by atoms with van der Waals surface area (Å²) in [6.07, 6.45) is 9.38. The minimum atomic E-state index is 0.0648. The fraction of sp³-hybridized carbons (Fsp3) is 0.214. The number of nitrogens with two attached hydrogens (primary N) is 1. The molecule has 1 unspecified atom stereocenters. The largest absolute Gasteiger partial charge is 0.384 e. The van der Waals surface area contributed by atoms with Crippen molar-refractivity contribution in [1.29, 1.82) is 0 Å². The van der Waals surface area contributed by atoms with Gasteiger partial charge >= 0.3 is 0 Å². The van der Waals surface area contributed by atoms with Gasteiger partial charge in [-0.15, -0.1) is 5.10 Å². The second-order valence-corrected chi connectivity index (χ2v) is 9.73. The number of anilines is 2. The van der Waals surface area contributed by atoms with Gasteiger partial charge in [-0.2, -0.15) is 5.10 Å². The number of aromatic nitrogens is 1. The normalized spacial score (nSPS) is 18.4. The SMILES string of the molecule is C=N/N=C\N(C)c1ccc(Cl)cc1C1=CC(=C)N2C(=C1)CCC2/C(C)=N/C(Cl)=C(\C)c1ccc(N)nc1. The van der Waals surface area contributed by atoms with Crippen LogP contribution in [0.1, 0.15) is 37.8 Å². The summed E-state index contributed by atoms with van der Waals surface area (Å²) in [5.74, 6) is 0.465. The van der Waals surface area contributed by atoms with Crippen LogP contribution in [0.3, 0.4) is 0 Å². The zero-order valence-corrected chi connectivity index (χ0v) is 22.6. The zero-order chi connectivity index (χ0) is 26.7. The molecule has 1 saturated heterocycles. The molecule has 3 heterocycles.